The van der Waals surface area contributed by atoms with Gasteiger partial charge in [0.15, 0.2) is 4.96 Å². The van der Waals surface area contributed by atoms with Gasteiger partial charge in [0.25, 0.3) is 0 Å². The Morgan fingerprint density at radius 2 is 1.89 bits per heavy atom. The van der Waals surface area contributed by atoms with Crippen molar-refractivity contribution in [1.82, 2.24) is 9.38 Å². The number of carboxylic acids is 1. The Labute approximate surface area is 167 Å². The molecule has 4 rings (SSSR count). The second-order valence-electron chi connectivity index (χ2n) is 7.59. The van der Waals surface area contributed by atoms with Crippen molar-refractivity contribution in [3.8, 4) is 11.3 Å². The Kier molecular flexibility index (Phi) is 5.17. The molecule has 2 aromatic heterocycles. The molecule has 1 fully saturated rings. The van der Waals surface area contributed by atoms with E-state index in [4.69, 9.17) is 0 Å². The van der Waals surface area contributed by atoms with Gasteiger partial charge in [0, 0.05) is 23.6 Å². The lowest BCUT2D eigenvalue weighted by atomic mass is 9.69. The number of amides is 1. The molecule has 28 heavy (non-hydrogen) atoms. The molecule has 0 unspecified atom stereocenters. The summed E-state index contributed by atoms with van der Waals surface area (Å²) in [7, 11) is 0. The molecule has 0 bridgehead atoms. The highest BCUT2D eigenvalue weighted by atomic mass is 32.1. The molecule has 2 heterocycles. The number of aliphatic carboxylic acids is 1. The third-order valence-electron chi connectivity index (χ3n) is 5.54. The highest BCUT2D eigenvalue weighted by Crippen LogP contribution is 2.43. The number of hydrogen-bond donors (Lipinski definition) is 2. The lowest BCUT2D eigenvalue weighted by Gasteiger charge is -2.35. The van der Waals surface area contributed by atoms with Crippen molar-refractivity contribution in [3.05, 3.63) is 41.9 Å². The number of carbonyl (C=O) groups is 2. The molecule has 1 saturated carbocycles. The van der Waals surface area contributed by atoms with E-state index < -0.39 is 11.4 Å². The number of benzene rings is 1. The first-order valence-corrected chi connectivity index (χ1v) is 10.5. The minimum atomic E-state index is -0.829. The van der Waals surface area contributed by atoms with Crippen LogP contribution < -0.4 is 5.32 Å². The van der Waals surface area contributed by atoms with Crippen LogP contribution in [0.4, 0.5) is 5.82 Å². The highest BCUT2D eigenvalue weighted by Gasteiger charge is 2.36. The van der Waals surface area contributed by atoms with Crippen LogP contribution in [0, 0.1) is 5.41 Å². The van der Waals surface area contributed by atoms with E-state index in [9.17, 15) is 14.7 Å². The number of carbonyl (C=O) groups excluding carboxylic acids is 1. The summed E-state index contributed by atoms with van der Waals surface area (Å²) in [6, 6.07) is 9.76. The number of fused-ring (bicyclic) bond motifs is 1. The summed E-state index contributed by atoms with van der Waals surface area (Å²) in [6.07, 6.45) is 6.82. The monoisotopic (exact) mass is 397 g/mol. The molecule has 1 aliphatic carbocycles. The Balaban J connectivity index is 1.61. The first kappa shape index (κ1) is 18.7. The van der Waals surface area contributed by atoms with E-state index >= 15 is 0 Å². The zero-order valence-electron chi connectivity index (χ0n) is 15.6. The third kappa shape index (κ3) is 3.80. The molecule has 1 amide bonds. The SMILES string of the molecule is O=C(O)CC1(CC(=O)Nc2c(-c3ccccc3)nc3sccn23)CCCCC1. The van der Waals surface area contributed by atoms with Crippen molar-refractivity contribution in [3.63, 3.8) is 0 Å². The number of carboxylic acid groups (broad SMARTS) is 1. The van der Waals surface area contributed by atoms with Crippen molar-refractivity contribution in [1.29, 1.82) is 0 Å². The van der Waals surface area contributed by atoms with E-state index in [1.165, 1.54) is 11.3 Å². The molecular formula is C21H23N3O3S. The quantitative estimate of drug-likeness (QED) is 0.625. The Bertz CT molecular complexity index is 987. The maximum Gasteiger partial charge on any atom is 0.303 e. The fourth-order valence-electron chi connectivity index (χ4n) is 4.26. The van der Waals surface area contributed by atoms with Gasteiger partial charge in [-0.2, -0.15) is 0 Å². The first-order chi connectivity index (χ1) is 13.6. The van der Waals surface area contributed by atoms with E-state index in [1.807, 2.05) is 46.3 Å². The van der Waals surface area contributed by atoms with Gasteiger partial charge in [-0.25, -0.2) is 4.98 Å². The molecule has 1 aromatic carbocycles. The van der Waals surface area contributed by atoms with E-state index in [1.54, 1.807) is 0 Å². The summed E-state index contributed by atoms with van der Waals surface area (Å²) < 4.78 is 1.88. The Hall–Kier alpha value is -2.67. The van der Waals surface area contributed by atoms with Crippen LogP contribution in [0.3, 0.4) is 0 Å². The average Bonchev–Trinajstić information content (AvgIpc) is 3.25. The molecule has 2 N–H and O–H groups in total. The number of thiazole rings is 1. The summed E-state index contributed by atoms with van der Waals surface area (Å²) in [5, 5.41) is 14.3. The van der Waals surface area contributed by atoms with Gasteiger partial charge in [-0.1, -0.05) is 49.6 Å². The summed E-state index contributed by atoms with van der Waals surface area (Å²) in [5.41, 5.74) is 1.22. The number of rotatable bonds is 6. The second kappa shape index (κ2) is 7.75. The molecule has 0 spiro atoms. The largest absolute Gasteiger partial charge is 0.481 e. The maximum absolute atomic E-state index is 13.0. The van der Waals surface area contributed by atoms with E-state index in [0.717, 1.165) is 48.3 Å². The first-order valence-electron chi connectivity index (χ1n) is 9.59. The molecule has 6 nitrogen and oxygen atoms in total. The molecule has 0 radical (unpaired) electrons. The van der Waals surface area contributed by atoms with Gasteiger partial charge >= 0.3 is 5.97 Å². The van der Waals surface area contributed by atoms with Crippen LogP contribution >= 0.6 is 11.3 Å². The number of nitrogens with zero attached hydrogens (tertiary/aromatic N) is 2. The molecule has 1 aliphatic rings. The summed E-state index contributed by atoms with van der Waals surface area (Å²) in [6.45, 7) is 0. The standard InChI is InChI=1S/C21H23N3O3S/c25-16(13-21(14-17(26)27)9-5-2-6-10-21)22-19-18(15-7-3-1-4-8-15)23-20-24(19)11-12-28-20/h1,3-4,7-8,11-12H,2,5-6,9-10,13-14H2,(H,22,25)(H,26,27). The number of nitrogens with one attached hydrogen (secondary N) is 1. The summed E-state index contributed by atoms with van der Waals surface area (Å²) in [5.74, 6) is -0.327. The number of aromatic nitrogens is 2. The van der Waals surface area contributed by atoms with Crippen molar-refractivity contribution in [2.24, 2.45) is 5.41 Å². The van der Waals surface area contributed by atoms with Crippen LogP contribution in [0.1, 0.15) is 44.9 Å². The molecule has 0 saturated heterocycles. The highest BCUT2D eigenvalue weighted by molar-refractivity contribution is 7.15. The van der Waals surface area contributed by atoms with Crippen LogP contribution in [-0.4, -0.2) is 26.4 Å². The maximum atomic E-state index is 13.0. The smallest absolute Gasteiger partial charge is 0.303 e. The van der Waals surface area contributed by atoms with Crippen molar-refractivity contribution in [2.75, 3.05) is 5.32 Å². The Morgan fingerprint density at radius 3 is 2.61 bits per heavy atom. The van der Waals surface area contributed by atoms with Crippen LogP contribution in [0.2, 0.25) is 0 Å². The predicted molar refractivity (Wildman–Crippen MR) is 110 cm³/mol. The molecular weight excluding hydrogens is 374 g/mol. The van der Waals surface area contributed by atoms with Gasteiger partial charge in [0.2, 0.25) is 5.91 Å². The van der Waals surface area contributed by atoms with Gasteiger partial charge in [0.1, 0.15) is 11.5 Å². The zero-order chi connectivity index (χ0) is 19.6. The minimum absolute atomic E-state index is 0.0478. The number of anilines is 1. The van der Waals surface area contributed by atoms with Gasteiger partial charge in [-0.15, -0.1) is 11.3 Å². The van der Waals surface area contributed by atoms with Crippen LogP contribution in [0.25, 0.3) is 16.2 Å². The molecule has 146 valence electrons. The van der Waals surface area contributed by atoms with Crippen LogP contribution in [0.15, 0.2) is 41.9 Å². The van der Waals surface area contributed by atoms with E-state index in [-0.39, 0.29) is 18.7 Å². The zero-order valence-corrected chi connectivity index (χ0v) is 16.4. The van der Waals surface area contributed by atoms with E-state index in [0.29, 0.717) is 5.82 Å². The fraction of sp³-hybridized carbons (Fsp3) is 0.381. The third-order valence-corrected chi connectivity index (χ3v) is 6.30. The molecule has 0 atom stereocenters. The number of hydrogen-bond acceptors (Lipinski definition) is 4. The van der Waals surface area contributed by atoms with Crippen molar-refractivity contribution < 1.29 is 14.7 Å². The van der Waals surface area contributed by atoms with Gasteiger partial charge < -0.3 is 10.4 Å². The Morgan fingerprint density at radius 1 is 1.14 bits per heavy atom. The predicted octanol–water partition coefficient (Wildman–Crippen LogP) is 4.82. The molecule has 7 heteroatoms. The van der Waals surface area contributed by atoms with Gasteiger partial charge in [-0.3, -0.25) is 14.0 Å². The van der Waals surface area contributed by atoms with Crippen molar-refractivity contribution in [2.45, 2.75) is 44.9 Å². The van der Waals surface area contributed by atoms with Crippen molar-refractivity contribution >= 4 is 34.0 Å². The fourth-order valence-corrected chi connectivity index (χ4v) is 4.97. The summed E-state index contributed by atoms with van der Waals surface area (Å²) in [4.78, 5) is 29.9. The van der Waals surface area contributed by atoms with Crippen LogP contribution in [-0.2, 0) is 9.59 Å². The summed E-state index contributed by atoms with van der Waals surface area (Å²) >= 11 is 1.51. The number of imidazole rings is 1. The molecule has 3 aromatic rings. The van der Waals surface area contributed by atoms with Gasteiger partial charge in [0.05, 0.1) is 6.42 Å². The van der Waals surface area contributed by atoms with Gasteiger partial charge in [-0.05, 0) is 18.3 Å². The second-order valence-corrected chi connectivity index (χ2v) is 8.46. The lowest BCUT2D eigenvalue weighted by molar-refractivity contribution is -0.140. The van der Waals surface area contributed by atoms with Crippen LogP contribution in [0.5, 0.6) is 0 Å². The minimum Gasteiger partial charge on any atom is -0.481 e. The average molecular weight is 398 g/mol. The lowest BCUT2D eigenvalue weighted by Crippen LogP contribution is -2.32. The van der Waals surface area contributed by atoms with E-state index in [2.05, 4.69) is 10.3 Å². The normalized spacial score (nSPS) is 16.1. The molecule has 0 aliphatic heterocycles. The topological polar surface area (TPSA) is 83.7 Å².